The Labute approximate surface area is 119 Å². The molecule has 0 saturated carbocycles. The first-order valence-electron chi connectivity index (χ1n) is 5.97. The van der Waals surface area contributed by atoms with Crippen LogP contribution in [0.15, 0.2) is 23.1 Å². The molecule has 0 radical (unpaired) electrons. The van der Waals surface area contributed by atoms with Gasteiger partial charge in [0.1, 0.15) is 0 Å². The van der Waals surface area contributed by atoms with Gasteiger partial charge in [-0.15, -0.1) is 0 Å². The Morgan fingerprint density at radius 3 is 2.62 bits per heavy atom. The Hall–Kier alpha value is -1.61. The van der Waals surface area contributed by atoms with Gasteiger partial charge in [-0.1, -0.05) is 6.07 Å². The Morgan fingerprint density at radius 1 is 1.38 bits per heavy atom. The van der Waals surface area contributed by atoms with Crippen molar-refractivity contribution in [2.45, 2.75) is 24.4 Å². The fraction of sp³-hybridized carbons (Fsp3) is 0.417. The molecule has 0 N–H and O–H groups in total. The number of benzene rings is 1. The molecule has 1 aromatic rings. The quantitative estimate of drug-likeness (QED) is 0.797. The summed E-state index contributed by atoms with van der Waals surface area (Å²) in [6.45, 7) is -0.142. The van der Waals surface area contributed by atoms with Gasteiger partial charge < -0.3 is 4.90 Å². The van der Waals surface area contributed by atoms with Gasteiger partial charge in [-0.2, -0.15) is 21.6 Å². The highest BCUT2D eigenvalue weighted by molar-refractivity contribution is 7.86. The highest BCUT2D eigenvalue weighted by Crippen LogP contribution is 2.31. The van der Waals surface area contributed by atoms with E-state index in [0.29, 0.717) is 18.7 Å². The number of carbonyl (C=O) groups excluding carboxylic acids is 1. The summed E-state index contributed by atoms with van der Waals surface area (Å²) in [6.07, 6.45) is -4.17. The zero-order chi connectivity index (χ0) is 15.8. The van der Waals surface area contributed by atoms with E-state index in [1.165, 1.54) is 24.0 Å². The number of anilines is 1. The van der Waals surface area contributed by atoms with Gasteiger partial charge in [-0.3, -0.25) is 8.98 Å². The molecule has 0 aromatic heterocycles. The normalized spacial score (nSPS) is 15.1. The SMILES string of the molecule is CC(=O)N1CCc2ccc(S(=O)(=O)OCC(F)(F)F)cc21. The molecule has 0 bridgehead atoms. The van der Waals surface area contributed by atoms with Gasteiger partial charge >= 0.3 is 6.18 Å². The van der Waals surface area contributed by atoms with E-state index >= 15 is 0 Å². The predicted octanol–water partition coefficient (Wildman–Crippen LogP) is 1.86. The van der Waals surface area contributed by atoms with Gasteiger partial charge in [-0.25, -0.2) is 0 Å². The molecule has 0 atom stereocenters. The molecule has 21 heavy (non-hydrogen) atoms. The average molecular weight is 323 g/mol. The van der Waals surface area contributed by atoms with E-state index in [2.05, 4.69) is 4.18 Å². The van der Waals surface area contributed by atoms with Crippen molar-refractivity contribution in [3.8, 4) is 0 Å². The molecular formula is C12H12F3NO4S. The number of nitrogens with zero attached hydrogens (tertiary/aromatic N) is 1. The van der Waals surface area contributed by atoms with Gasteiger partial charge in [0.25, 0.3) is 10.1 Å². The summed E-state index contributed by atoms with van der Waals surface area (Å²) >= 11 is 0. The van der Waals surface area contributed by atoms with Crippen molar-refractivity contribution in [2.24, 2.45) is 0 Å². The Balaban J connectivity index is 2.30. The minimum absolute atomic E-state index is 0.264. The number of carbonyl (C=O) groups is 1. The van der Waals surface area contributed by atoms with Crippen molar-refractivity contribution in [3.05, 3.63) is 23.8 Å². The van der Waals surface area contributed by atoms with Crippen molar-refractivity contribution in [1.29, 1.82) is 0 Å². The van der Waals surface area contributed by atoms with Crippen LogP contribution >= 0.6 is 0 Å². The Morgan fingerprint density at radius 2 is 2.05 bits per heavy atom. The molecule has 0 unspecified atom stereocenters. The van der Waals surface area contributed by atoms with E-state index in [4.69, 9.17) is 0 Å². The summed E-state index contributed by atoms with van der Waals surface area (Å²) in [6, 6.07) is 3.81. The summed E-state index contributed by atoms with van der Waals surface area (Å²) in [5.74, 6) is -0.264. The Bertz CT molecular complexity index is 670. The number of hydrogen-bond donors (Lipinski definition) is 0. The van der Waals surface area contributed by atoms with Gasteiger partial charge in [0.2, 0.25) is 5.91 Å². The van der Waals surface area contributed by atoms with E-state index in [-0.39, 0.29) is 5.91 Å². The van der Waals surface area contributed by atoms with E-state index in [9.17, 15) is 26.4 Å². The standard InChI is InChI=1S/C12H12F3NO4S/c1-8(17)16-5-4-9-2-3-10(6-11(9)16)21(18,19)20-7-12(13,14)15/h2-3,6H,4-5,7H2,1H3. The monoisotopic (exact) mass is 323 g/mol. The molecule has 0 fully saturated rings. The lowest BCUT2D eigenvalue weighted by Crippen LogP contribution is -2.26. The number of rotatable bonds is 3. The highest BCUT2D eigenvalue weighted by atomic mass is 32.2. The fourth-order valence-corrected chi connectivity index (χ4v) is 2.97. The summed E-state index contributed by atoms with van der Waals surface area (Å²) in [5, 5.41) is 0. The molecule has 1 aliphatic rings. The largest absolute Gasteiger partial charge is 0.413 e. The summed E-state index contributed by atoms with van der Waals surface area (Å²) in [5.41, 5.74) is 1.15. The second-order valence-corrected chi connectivity index (χ2v) is 6.16. The first kappa shape index (κ1) is 15.8. The molecule has 0 saturated heterocycles. The molecule has 1 amide bonds. The van der Waals surface area contributed by atoms with Gasteiger partial charge in [-0.05, 0) is 24.1 Å². The van der Waals surface area contributed by atoms with E-state index in [1.54, 1.807) is 0 Å². The second-order valence-electron chi connectivity index (χ2n) is 4.54. The Kier molecular flexibility index (Phi) is 3.98. The van der Waals surface area contributed by atoms with Crippen LogP contribution < -0.4 is 4.90 Å². The van der Waals surface area contributed by atoms with Crippen LogP contribution in [0.3, 0.4) is 0 Å². The van der Waals surface area contributed by atoms with Crippen molar-refractivity contribution >= 4 is 21.7 Å². The maximum absolute atomic E-state index is 12.0. The van der Waals surface area contributed by atoms with E-state index in [1.807, 2.05) is 0 Å². The molecule has 116 valence electrons. The minimum Gasteiger partial charge on any atom is -0.312 e. The second kappa shape index (κ2) is 5.30. The molecule has 1 heterocycles. The van der Waals surface area contributed by atoms with Crippen LogP contribution in [0.5, 0.6) is 0 Å². The van der Waals surface area contributed by atoms with Crippen molar-refractivity contribution < 1.29 is 30.6 Å². The molecule has 0 spiro atoms. The van der Waals surface area contributed by atoms with Crippen LogP contribution in [-0.2, 0) is 25.5 Å². The smallest absolute Gasteiger partial charge is 0.312 e. The van der Waals surface area contributed by atoms with Crippen LogP contribution in [0.2, 0.25) is 0 Å². The van der Waals surface area contributed by atoms with E-state index < -0.39 is 27.8 Å². The number of alkyl halides is 3. The molecule has 0 aliphatic carbocycles. The molecule has 1 aromatic carbocycles. The lowest BCUT2D eigenvalue weighted by Gasteiger charge is -2.15. The third-order valence-electron chi connectivity index (χ3n) is 3.00. The van der Waals surface area contributed by atoms with Crippen LogP contribution in [0.4, 0.5) is 18.9 Å². The maximum atomic E-state index is 12.0. The molecule has 2 rings (SSSR count). The third-order valence-corrected chi connectivity index (χ3v) is 4.26. The lowest BCUT2D eigenvalue weighted by molar-refractivity contribution is -0.152. The summed E-state index contributed by atoms with van der Waals surface area (Å²) < 4.78 is 63.6. The number of hydrogen-bond acceptors (Lipinski definition) is 4. The topological polar surface area (TPSA) is 63.7 Å². The van der Waals surface area contributed by atoms with Crippen molar-refractivity contribution in [3.63, 3.8) is 0 Å². The van der Waals surface area contributed by atoms with Crippen LogP contribution in [0.1, 0.15) is 12.5 Å². The van der Waals surface area contributed by atoms with Crippen LogP contribution in [0, 0.1) is 0 Å². The zero-order valence-electron chi connectivity index (χ0n) is 11.0. The summed E-state index contributed by atoms with van der Waals surface area (Å²) in [7, 11) is -4.52. The van der Waals surface area contributed by atoms with Crippen LogP contribution in [-0.4, -0.2) is 33.7 Å². The number of fused-ring (bicyclic) bond motifs is 1. The maximum Gasteiger partial charge on any atom is 0.413 e. The van der Waals surface area contributed by atoms with Gasteiger partial charge in [0, 0.05) is 19.2 Å². The van der Waals surface area contributed by atoms with Gasteiger partial charge in [0.05, 0.1) is 4.90 Å². The van der Waals surface area contributed by atoms with E-state index in [0.717, 1.165) is 11.6 Å². The first-order valence-corrected chi connectivity index (χ1v) is 7.38. The first-order chi connectivity index (χ1) is 9.60. The van der Waals surface area contributed by atoms with Gasteiger partial charge in [0.15, 0.2) is 6.61 Å². The molecule has 1 aliphatic heterocycles. The molecule has 9 heteroatoms. The minimum atomic E-state index is -4.74. The molecule has 5 nitrogen and oxygen atoms in total. The lowest BCUT2D eigenvalue weighted by atomic mass is 10.2. The number of halogens is 3. The average Bonchev–Trinajstić information content (AvgIpc) is 2.78. The van der Waals surface area contributed by atoms with Crippen molar-refractivity contribution in [2.75, 3.05) is 18.1 Å². The molecular weight excluding hydrogens is 311 g/mol. The third kappa shape index (κ3) is 3.53. The van der Waals surface area contributed by atoms with Crippen LogP contribution in [0.25, 0.3) is 0 Å². The fourth-order valence-electron chi connectivity index (χ4n) is 2.05. The van der Waals surface area contributed by atoms with Crippen molar-refractivity contribution in [1.82, 2.24) is 0 Å². The number of amides is 1. The highest BCUT2D eigenvalue weighted by Gasteiger charge is 2.32. The zero-order valence-corrected chi connectivity index (χ0v) is 11.8. The summed E-state index contributed by atoms with van der Waals surface area (Å²) in [4.78, 5) is 12.4. The predicted molar refractivity (Wildman–Crippen MR) is 67.4 cm³/mol.